The maximum Gasteiger partial charge on any atom is 0.408 e. The molecule has 3 amide bonds. The van der Waals surface area contributed by atoms with Gasteiger partial charge in [0.2, 0.25) is 11.8 Å². The van der Waals surface area contributed by atoms with E-state index in [9.17, 15) is 14.4 Å². The molecule has 186 valence electrons. The number of likely N-dealkylation sites (N-methyl/N-ethyl adjacent to an activating group) is 1. The van der Waals surface area contributed by atoms with Crippen LogP contribution >= 0.6 is 11.8 Å². The van der Waals surface area contributed by atoms with Crippen LogP contribution in [0.3, 0.4) is 0 Å². The predicted octanol–water partition coefficient (Wildman–Crippen LogP) is 4.37. The first-order valence-corrected chi connectivity index (χ1v) is 12.9. The van der Waals surface area contributed by atoms with Gasteiger partial charge in [0, 0.05) is 13.6 Å². The topological polar surface area (TPSA) is 87.7 Å². The lowest BCUT2D eigenvalue weighted by Gasteiger charge is -2.32. The van der Waals surface area contributed by atoms with Crippen LogP contribution in [0.25, 0.3) is 0 Å². The van der Waals surface area contributed by atoms with E-state index in [4.69, 9.17) is 4.74 Å². The van der Waals surface area contributed by atoms with E-state index < -0.39 is 23.8 Å². The van der Waals surface area contributed by atoms with E-state index in [2.05, 4.69) is 17.6 Å². The van der Waals surface area contributed by atoms with E-state index in [1.54, 1.807) is 39.6 Å². The molecule has 8 heteroatoms. The number of hydrogen-bond acceptors (Lipinski definition) is 5. The molecule has 0 aliphatic heterocycles. The lowest BCUT2D eigenvalue weighted by Crippen LogP contribution is -2.52. The van der Waals surface area contributed by atoms with Crippen LogP contribution in [0.15, 0.2) is 18.2 Å². The van der Waals surface area contributed by atoms with Gasteiger partial charge in [0.15, 0.2) is 0 Å². The van der Waals surface area contributed by atoms with Gasteiger partial charge < -0.3 is 20.3 Å². The SMILES string of the molecule is CCCCNC(=O)C(c1cc(C)cc(C)c1)N(C)C(=O)C(CCSC)NC(=O)OC(C)(C)C. The van der Waals surface area contributed by atoms with Crippen LogP contribution in [-0.2, 0) is 14.3 Å². The minimum absolute atomic E-state index is 0.231. The van der Waals surface area contributed by atoms with Crippen molar-refractivity contribution >= 4 is 29.7 Å². The van der Waals surface area contributed by atoms with Crippen molar-refractivity contribution in [2.75, 3.05) is 25.6 Å². The molecule has 2 atom stereocenters. The van der Waals surface area contributed by atoms with Gasteiger partial charge in [0.1, 0.15) is 17.7 Å². The zero-order chi connectivity index (χ0) is 25.2. The van der Waals surface area contributed by atoms with Gasteiger partial charge in [-0.25, -0.2) is 4.79 Å². The van der Waals surface area contributed by atoms with Crippen molar-refractivity contribution < 1.29 is 19.1 Å². The molecule has 2 unspecified atom stereocenters. The van der Waals surface area contributed by atoms with E-state index in [0.717, 1.165) is 29.5 Å². The highest BCUT2D eigenvalue weighted by atomic mass is 32.2. The van der Waals surface area contributed by atoms with E-state index in [1.165, 1.54) is 4.90 Å². The van der Waals surface area contributed by atoms with Crippen LogP contribution in [0.2, 0.25) is 0 Å². The van der Waals surface area contributed by atoms with Crippen LogP contribution < -0.4 is 10.6 Å². The molecule has 33 heavy (non-hydrogen) atoms. The molecule has 0 saturated carbocycles. The summed E-state index contributed by atoms with van der Waals surface area (Å²) in [5.41, 5.74) is 2.11. The zero-order valence-corrected chi connectivity index (χ0v) is 22.2. The van der Waals surface area contributed by atoms with Gasteiger partial charge in [-0.1, -0.05) is 42.7 Å². The van der Waals surface area contributed by atoms with E-state index in [0.29, 0.717) is 18.7 Å². The first-order chi connectivity index (χ1) is 15.4. The summed E-state index contributed by atoms with van der Waals surface area (Å²) in [6.45, 7) is 11.9. The number of thioether (sulfide) groups is 1. The summed E-state index contributed by atoms with van der Waals surface area (Å²) in [5.74, 6) is 0.117. The quantitative estimate of drug-likeness (QED) is 0.460. The number of rotatable bonds is 11. The van der Waals surface area contributed by atoms with Crippen molar-refractivity contribution in [3.8, 4) is 0 Å². The second-order valence-electron chi connectivity index (χ2n) is 9.40. The average Bonchev–Trinajstić information content (AvgIpc) is 2.68. The maximum absolute atomic E-state index is 13.5. The van der Waals surface area contributed by atoms with Crippen LogP contribution in [0.1, 0.15) is 69.7 Å². The van der Waals surface area contributed by atoms with Crippen molar-refractivity contribution in [1.29, 1.82) is 0 Å². The number of nitrogens with zero attached hydrogens (tertiary/aromatic N) is 1. The van der Waals surface area contributed by atoms with Crippen LogP contribution in [-0.4, -0.2) is 60.1 Å². The largest absolute Gasteiger partial charge is 0.444 e. The third-order valence-corrected chi connectivity index (χ3v) is 5.62. The molecule has 0 saturated heterocycles. The van der Waals surface area contributed by atoms with Crippen molar-refractivity contribution in [3.63, 3.8) is 0 Å². The lowest BCUT2D eigenvalue weighted by atomic mass is 9.98. The highest BCUT2D eigenvalue weighted by molar-refractivity contribution is 7.98. The number of nitrogens with one attached hydrogen (secondary N) is 2. The number of carbonyl (C=O) groups is 3. The summed E-state index contributed by atoms with van der Waals surface area (Å²) in [4.78, 5) is 40.6. The van der Waals surface area contributed by atoms with Crippen molar-refractivity contribution in [2.45, 2.75) is 78.5 Å². The summed E-state index contributed by atoms with van der Waals surface area (Å²) in [6, 6.07) is 4.29. The van der Waals surface area contributed by atoms with Crippen molar-refractivity contribution in [2.24, 2.45) is 0 Å². The molecular weight excluding hydrogens is 438 g/mol. The van der Waals surface area contributed by atoms with Gasteiger partial charge in [0.05, 0.1) is 0 Å². The van der Waals surface area contributed by atoms with Crippen LogP contribution in [0, 0.1) is 13.8 Å². The fourth-order valence-electron chi connectivity index (χ4n) is 3.52. The third kappa shape index (κ3) is 10.1. The van der Waals surface area contributed by atoms with Gasteiger partial charge >= 0.3 is 6.09 Å². The van der Waals surface area contributed by atoms with Gasteiger partial charge in [-0.2, -0.15) is 11.8 Å². The molecule has 7 nitrogen and oxygen atoms in total. The standard InChI is InChI=1S/C25H41N3O4S/c1-9-10-12-26-22(29)21(19-15-17(2)14-18(3)16-19)28(7)23(30)20(11-13-33-8)27-24(31)32-25(4,5)6/h14-16,20-21H,9-13H2,1-8H3,(H,26,29)(H,27,31). The number of amides is 3. The number of carbonyl (C=O) groups excluding carboxylic acids is 3. The molecule has 1 rings (SSSR count). The Morgan fingerprint density at radius 3 is 2.24 bits per heavy atom. The molecule has 0 spiro atoms. The van der Waals surface area contributed by atoms with E-state index >= 15 is 0 Å². The highest BCUT2D eigenvalue weighted by Crippen LogP contribution is 2.24. The second-order valence-corrected chi connectivity index (χ2v) is 10.4. The summed E-state index contributed by atoms with van der Waals surface area (Å²) in [6.07, 6.45) is 3.55. The smallest absolute Gasteiger partial charge is 0.408 e. The first kappa shape index (κ1) is 28.8. The third-order valence-electron chi connectivity index (χ3n) is 4.97. The summed E-state index contributed by atoms with van der Waals surface area (Å²) in [5, 5.41) is 5.67. The number of benzene rings is 1. The Hall–Kier alpha value is -2.22. The van der Waals surface area contributed by atoms with Crippen LogP contribution in [0.4, 0.5) is 4.79 Å². The summed E-state index contributed by atoms with van der Waals surface area (Å²) >= 11 is 1.59. The number of ether oxygens (including phenoxy) is 1. The van der Waals surface area contributed by atoms with Crippen molar-refractivity contribution in [3.05, 3.63) is 34.9 Å². The minimum Gasteiger partial charge on any atom is -0.444 e. The molecule has 1 aromatic rings. The lowest BCUT2D eigenvalue weighted by molar-refractivity contribution is -0.140. The Labute approximate surface area is 203 Å². The maximum atomic E-state index is 13.5. The highest BCUT2D eigenvalue weighted by Gasteiger charge is 2.34. The van der Waals surface area contributed by atoms with Gasteiger partial charge in [-0.15, -0.1) is 0 Å². The monoisotopic (exact) mass is 479 g/mol. The Kier molecular flexibility index (Phi) is 11.8. The molecular formula is C25H41N3O4S. The molecule has 2 N–H and O–H groups in total. The molecule has 0 radical (unpaired) electrons. The molecule has 0 aromatic heterocycles. The average molecular weight is 480 g/mol. The van der Waals surface area contributed by atoms with E-state index in [1.807, 2.05) is 38.3 Å². The molecule has 1 aromatic carbocycles. The molecule has 0 aliphatic rings. The van der Waals surface area contributed by atoms with Gasteiger partial charge in [-0.05, 0) is 65.0 Å². The van der Waals surface area contributed by atoms with Crippen LogP contribution in [0.5, 0.6) is 0 Å². The Bertz CT molecular complexity index is 787. The Balaban J connectivity index is 3.23. The second kappa shape index (κ2) is 13.5. The molecule has 0 fully saturated rings. The summed E-state index contributed by atoms with van der Waals surface area (Å²) in [7, 11) is 1.62. The summed E-state index contributed by atoms with van der Waals surface area (Å²) < 4.78 is 5.36. The number of alkyl carbamates (subject to hydrolysis) is 1. The first-order valence-electron chi connectivity index (χ1n) is 11.5. The minimum atomic E-state index is -0.801. The number of aryl methyl sites for hydroxylation is 2. The Morgan fingerprint density at radius 2 is 1.73 bits per heavy atom. The molecule has 0 heterocycles. The number of hydrogen-bond donors (Lipinski definition) is 2. The predicted molar refractivity (Wildman–Crippen MR) is 136 cm³/mol. The normalized spacial score (nSPS) is 13.1. The fraction of sp³-hybridized carbons (Fsp3) is 0.640. The number of unbranched alkanes of at least 4 members (excludes halogenated alkanes) is 1. The fourth-order valence-corrected chi connectivity index (χ4v) is 3.99. The van der Waals surface area contributed by atoms with Crippen molar-refractivity contribution in [1.82, 2.24) is 15.5 Å². The Morgan fingerprint density at radius 1 is 1.12 bits per heavy atom. The van der Waals surface area contributed by atoms with Gasteiger partial charge in [0.25, 0.3) is 0 Å². The zero-order valence-electron chi connectivity index (χ0n) is 21.4. The molecule has 0 aliphatic carbocycles. The van der Waals surface area contributed by atoms with Gasteiger partial charge in [-0.3, -0.25) is 9.59 Å². The van der Waals surface area contributed by atoms with E-state index in [-0.39, 0.29) is 11.8 Å². The molecule has 0 bridgehead atoms.